The number of nitrogens with zero attached hydrogens (tertiary/aromatic N) is 2. The molecule has 26 heavy (non-hydrogen) atoms. The van der Waals surface area contributed by atoms with E-state index in [1.165, 1.54) is 23.9 Å². The number of hydrogen-bond acceptors (Lipinski definition) is 7. The third-order valence-corrected chi connectivity index (χ3v) is 5.28. The molecule has 0 aliphatic carbocycles. The zero-order valence-electron chi connectivity index (χ0n) is 13.4. The second kappa shape index (κ2) is 7.24. The summed E-state index contributed by atoms with van der Waals surface area (Å²) >= 11 is 7.37. The minimum atomic E-state index is -0.618. The minimum absolute atomic E-state index is 0.0490. The van der Waals surface area contributed by atoms with Gasteiger partial charge in [0.15, 0.2) is 5.58 Å². The van der Waals surface area contributed by atoms with Crippen molar-refractivity contribution < 1.29 is 18.9 Å². The van der Waals surface area contributed by atoms with Crippen LogP contribution in [0.1, 0.15) is 17.5 Å². The van der Waals surface area contributed by atoms with E-state index in [4.69, 9.17) is 25.6 Å². The maximum absolute atomic E-state index is 11.2. The molecular formula is C17H13ClN2O5S. The predicted molar refractivity (Wildman–Crippen MR) is 96.3 cm³/mol. The molecule has 0 amide bonds. The van der Waals surface area contributed by atoms with E-state index in [0.717, 1.165) is 5.56 Å². The standard InChI is InChI=1S/C17H13ClN2O5S/c18-11-3-1-10(2-4-11)9-26-14-8-12(20(21)22)7-13-15(14)16(19-25-13)17-23-5-6-24-17/h1-4,7-8,17H,5-6,9H2. The van der Waals surface area contributed by atoms with Gasteiger partial charge in [0.25, 0.3) is 5.69 Å². The predicted octanol–water partition coefficient (Wildman–Crippen LogP) is 4.73. The zero-order valence-corrected chi connectivity index (χ0v) is 15.0. The maximum Gasteiger partial charge on any atom is 0.274 e. The fraction of sp³-hybridized carbons (Fsp3) is 0.235. The Labute approximate surface area is 157 Å². The average Bonchev–Trinajstić information content (AvgIpc) is 3.30. The van der Waals surface area contributed by atoms with Crippen LogP contribution in [0.15, 0.2) is 45.8 Å². The fourth-order valence-electron chi connectivity index (χ4n) is 2.68. The molecule has 1 saturated heterocycles. The maximum atomic E-state index is 11.2. The van der Waals surface area contributed by atoms with Crippen LogP contribution in [0.3, 0.4) is 0 Å². The number of rotatable bonds is 5. The van der Waals surface area contributed by atoms with Crippen molar-refractivity contribution in [2.75, 3.05) is 13.2 Å². The topological polar surface area (TPSA) is 87.6 Å². The molecule has 1 fully saturated rings. The van der Waals surface area contributed by atoms with Crippen molar-refractivity contribution in [3.8, 4) is 0 Å². The largest absolute Gasteiger partial charge is 0.356 e. The molecule has 0 unspecified atom stereocenters. The Morgan fingerprint density at radius 1 is 1.23 bits per heavy atom. The minimum Gasteiger partial charge on any atom is -0.356 e. The van der Waals surface area contributed by atoms with Crippen LogP contribution in [0, 0.1) is 10.1 Å². The molecule has 9 heteroatoms. The molecule has 1 aliphatic heterocycles. The van der Waals surface area contributed by atoms with E-state index in [0.29, 0.717) is 45.5 Å². The second-order valence-corrected chi connectivity index (χ2v) is 7.08. The Bertz CT molecular complexity index is 954. The first-order valence-corrected chi connectivity index (χ1v) is 9.16. The normalized spacial score (nSPS) is 15.0. The number of halogens is 1. The van der Waals surface area contributed by atoms with E-state index in [2.05, 4.69) is 5.16 Å². The Hall–Kier alpha value is -2.13. The summed E-state index contributed by atoms with van der Waals surface area (Å²) in [5.74, 6) is 0.616. The number of thioether (sulfide) groups is 1. The van der Waals surface area contributed by atoms with Gasteiger partial charge >= 0.3 is 0 Å². The molecule has 7 nitrogen and oxygen atoms in total. The number of benzene rings is 2. The van der Waals surface area contributed by atoms with Crippen molar-refractivity contribution in [2.45, 2.75) is 16.9 Å². The first-order valence-electron chi connectivity index (χ1n) is 7.80. The summed E-state index contributed by atoms with van der Waals surface area (Å²) < 4.78 is 16.3. The first-order chi connectivity index (χ1) is 12.6. The zero-order chi connectivity index (χ0) is 18.1. The fourth-order valence-corrected chi connectivity index (χ4v) is 3.88. The summed E-state index contributed by atoms with van der Waals surface area (Å²) in [6.07, 6.45) is -0.618. The molecule has 0 spiro atoms. The van der Waals surface area contributed by atoms with Crippen molar-refractivity contribution in [2.24, 2.45) is 0 Å². The number of hydrogen-bond donors (Lipinski definition) is 0. The van der Waals surface area contributed by atoms with Gasteiger partial charge in [-0.2, -0.15) is 0 Å². The third-order valence-electron chi connectivity index (χ3n) is 3.91. The van der Waals surface area contributed by atoms with Crippen LogP contribution in [0.5, 0.6) is 0 Å². The molecular weight excluding hydrogens is 380 g/mol. The first kappa shape index (κ1) is 17.3. The number of nitro groups is 1. The lowest BCUT2D eigenvalue weighted by atomic mass is 10.2. The smallest absolute Gasteiger partial charge is 0.274 e. The van der Waals surface area contributed by atoms with Gasteiger partial charge in [-0.15, -0.1) is 11.8 Å². The summed E-state index contributed by atoms with van der Waals surface area (Å²) in [6.45, 7) is 0.943. The molecule has 2 heterocycles. The van der Waals surface area contributed by atoms with Gasteiger partial charge in [0.2, 0.25) is 6.29 Å². The Balaban J connectivity index is 1.72. The lowest BCUT2D eigenvalue weighted by molar-refractivity contribution is -0.385. The van der Waals surface area contributed by atoms with Crippen LogP contribution < -0.4 is 0 Å². The van der Waals surface area contributed by atoms with E-state index >= 15 is 0 Å². The van der Waals surface area contributed by atoms with Crippen LogP contribution in [0.4, 0.5) is 5.69 Å². The van der Waals surface area contributed by atoms with E-state index in [-0.39, 0.29) is 5.69 Å². The van der Waals surface area contributed by atoms with Gasteiger partial charge in [-0.25, -0.2) is 0 Å². The van der Waals surface area contributed by atoms with Crippen LogP contribution in [-0.4, -0.2) is 23.3 Å². The van der Waals surface area contributed by atoms with E-state index in [1.54, 1.807) is 0 Å². The van der Waals surface area contributed by atoms with Crippen molar-refractivity contribution in [3.05, 3.63) is 62.8 Å². The second-order valence-electron chi connectivity index (χ2n) is 5.63. The monoisotopic (exact) mass is 392 g/mol. The van der Waals surface area contributed by atoms with Gasteiger partial charge < -0.3 is 14.0 Å². The lowest BCUT2D eigenvalue weighted by Crippen LogP contribution is -1.99. The van der Waals surface area contributed by atoms with Gasteiger partial charge in [-0.3, -0.25) is 10.1 Å². The number of nitro benzene ring substituents is 1. The van der Waals surface area contributed by atoms with E-state index < -0.39 is 11.2 Å². The molecule has 4 rings (SSSR count). The molecule has 134 valence electrons. The summed E-state index contributed by atoms with van der Waals surface area (Å²) in [5.41, 5.74) is 1.84. The summed E-state index contributed by atoms with van der Waals surface area (Å²) in [4.78, 5) is 11.5. The molecule has 1 aromatic heterocycles. The highest BCUT2D eigenvalue weighted by atomic mass is 35.5. The highest BCUT2D eigenvalue weighted by Gasteiger charge is 2.28. The third kappa shape index (κ3) is 3.41. The highest BCUT2D eigenvalue weighted by Crippen LogP contribution is 2.39. The number of non-ortho nitro benzene ring substituents is 1. The van der Waals surface area contributed by atoms with Crippen LogP contribution in [0.2, 0.25) is 5.02 Å². The van der Waals surface area contributed by atoms with Gasteiger partial charge in [-0.1, -0.05) is 28.9 Å². The summed E-state index contributed by atoms with van der Waals surface area (Å²) in [6, 6.07) is 10.4. The molecule has 3 aromatic rings. The molecule has 0 N–H and O–H groups in total. The molecule has 0 atom stereocenters. The van der Waals surface area contributed by atoms with Gasteiger partial charge in [0.05, 0.1) is 29.6 Å². The number of aromatic nitrogens is 1. The molecule has 0 radical (unpaired) electrons. The average molecular weight is 393 g/mol. The van der Waals surface area contributed by atoms with E-state index in [1.807, 2.05) is 24.3 Å². The quantitative estimate of drug-likeness (QED) is 0.352. The lowest BCUT2D eigenvalue weighted by Gasteiger charge is -2.08. The Morgan fingerprint density at radius 2 is 1.96 bits per heavy atom. The van der Waals surface area contributed by atoms with Crippen molar-refractivity contribution in [1.29, 1.82) is 0 Å². The van der Waals surface area contributed by atoms with Gasteiger partial charge in [0.1, 0.15) is 5.69 Å². The summed E-state index contributed by atoms with van der Waals surface area (Å²) in [7, 11) is 0. The van der Waals surface area contributed by atoms with Crippen LogP contribution in [-0.2, 0) is 15.2 Å². The number of fused-ring (bicyclic) bond motifs is 1. The van der Waals surface area contributed by atoms with Crippen LogP contribution >= 0.6 is 23.4 Å². The summed E-state index contributed by atoms with van der Waals surface area (Å²) in [5, 5.41) is 16.6. The van der Waals surface area contributed by atoms with Crippen molar-refractivity contribution in [1.82, 2.24) is 5.16 Å². The molecule has 0 bridgehead atoms. The highest BCUT2D eigenvalue weighted by molar-refractivity contribution is 7.98. The van der Waals surface area contributed by atoms with Crippen LogP contribution in [0.25, 0.3) is 11.0 Å². The van der Waals surface area contributed by atoms with Crippen molar-refractivity contribution in [3.63, 3.8) is 0 Å². The van der Waals surface area contributed by atoms with E-state index in [9.17, 15) is 10.1 Å². The van der Waals surface area contributed by atoms with Gasteiger partial charge in [-0.05, 0) is 17.7 Å². The SMILES string of the molecule is O=[N+]([O-])c1cc(SCc2ccc(Cl)cc2)c2c(C3OCCO3)noc2c1. The molecule has 2 aromatic carbocycles. The Kier molecular flexibility index (Phi) is 4.82. The molecule has 1 aliphatic rings. The van der Waals surface area contributed by atoms with Gasteiger partial charge in [0, 0.05) is 21.7 Å². The van der Waals surface area contributed by atoms with Crippen molar-refractivity contribution >= 4 is 40.0 Å². The number of ether oxygens (including phenoxy) is 2. The Morgan fingerprint density at radius 3 is 2.65 bits per heavy atom. The molecule has 0 saturated carbocycles.